The lowest BCUT2D eigenvalue weighted by molar-refractivity contribution is -0.136. The van der Waals surface area contributed by atoms with Crippen molar-refractivity contribution in [3.8, 4) is 0 Å². The molecule has 0 bridgehead atoms. The highest BCUT2D eigenvalue weighted by Gasteiger charge is 2.30. The number of nitrogens with zero attached hydrogens (tertiary/aromatic N) is 2. The van der Waals surface area contributed by atoms with E-state index in [4.69, 9.17) is 5.84 Å². The van der Waals surface area contributed by atoms with E-state index in [0.717, 1.165) is 6.42 Å². The average molecular weight is 291 g/mol. The summed E-state index contributed by atoms with van der Waals surface area (Å²) in [6, 6.07) is -0.774. The molecule has 0 fully saturated rings. The fourth-order valence-electron chi connectivity index (χ4n) is 1.81. The molecule has 1 aromatic heterocycles. The van der Waals surface area contributed by atoms with Crippen LogP contribution in [0.3, 0.4) is 0 Å². The van der Waals surface area contributed by atoms with Crippen LogP contribution in [0.15, 0.2) is 0 Å². The summed E-state index contributed by atoms with van der Waals surface area (Å²) in [7, 11) is 0. The maximum absolute atomic E-state index is 12.3. The largest absolute Gasteiger partial charge is 0.391 e. The Labute approximate surface area is 116 Å². The number of nitrogens with one attached hydrogen (secondary N) is 2. The van der Waals surface area contributed by atoms with E-state index in [-0.39, 0.29) is 0 Å². The minimum atomic E-state index is -4.21. The van der Waals surface area contributed by atoms with Crippen molar-refractivity contribution in [2.24, 2.45) is 5.84 Å². The van der Waals surface area contributed by atoms with Gasteiger partial charge in [0.15, 0.2) is 0 Å². The van der Waals surface area contributed by atoms with E-state index in [2.05, 4.69) is 20.7 Å². The third-order valence-electron chi connectivity index (χ3n) is 2.72. The van der Waals surface area contributed by atoms with E-state index < -0.39 is 18.6 Å². The maximum atomic E-state index is 12.3. The van der Waals surface area contributed by atoms with Crippen molar-refractivity contribution in [3.05, 3.63) is 11.4 Å². The molecule has 0 aliphatic carbocycles. The predicted molar refractivity (Wildman–Crippen MR) is 72.3 cm³/mol. The van der Waals surface area contributed by atoms with Gasteiger partial charge in [0.1, 0.15) is 17.5 Å². The zero-order valence-corrected chi connectivity index (χ0v) is 11.8. The first-order valence-corrected chi connectivity index (χ1v) is 6.44. The fraction of sp³-hybridized carbons (Fsp3) is 0.667. The van der Waals surface area contributed by atoms with Crippen molar-refractivity contribution in [2.75, 3.05) is 10.7 Å². The Hall–Kier alpha value is -1.57. The normalized spacial score (nSPS) is 13.2. The van der Waals surface area contributed by atoms with Crippen LogP contribution in [0, 0.1) is 6.92 Å². The SMILES string of the molecule is CCCc1nc(NN)c(C)c(NC(C)CC(F)(F)F)n1. The molecule has 0 radical (unpaired) electrons. The van der Waals surface area contributed by atoms with Gasteiger partial charge in [0.25, 0.3) is 0 Å². The zero-order chi connectivity index (χ0) is 15.3. The van der Waals surface area contributed by atoms with Gasteiger partial charge in [-0.05, 0) is 20.3 Å². The van der Waals surface area contributed by atoms with Crippen molar-refractivity contribution in [1.82, 2.24) is 9.97 Å². The fourth-order valence-corrected chi connectivity index (χ4v) is 1.81. The number of anilines is 2. The van der Waals surface area contributed by atoms with Gasteiger partial charge in [-0.2, -0.15) is 13.2 Å². The number of aromatic nitrogens is 2. The van der Waals surface area contributed by atoms with Gasteiger partial charge in [-0.25, -0.2) is 15.8 Å². The summed E-state index contributed by atoms with van der Waals surface area (Å²) in [4.78, 5) is 8.47. The number of aryl methyl sites for hydroxylation is 1. The van der Waals surface area contributed by atoms with Crippen molar-refractivity contribution < 1.29 is 13.2 Å². The monoisotopic (exact) mass is 291 g/mol. The Morgan fingerprint density at radius 1 is 1.25 bits per heavy atom. The molecule has 1 heterocycles. The van der Waals surface area contributed by atoms with Gasteiger partial charge in [0.05, 0.1) is 6.42 Å². The second-order valence-corrected chi connectivity index (χ2v) is 4.72. The molecule has 1 unspecified atom stereocenters. The molecule has 0 aliphatic rings. The van der Waals surface area contributed by atoms with E-state index in [1.165, 1.54) is 6.92 Å². The molecule has 0 saturated heterocycles. The van der Waals surface area contributed by atoms with Crippen LogP contribution in [0.25, 0.3) is 0 Å². The number of hydrogen-bond donors (Lipinski definition) is 3. The summed E-state index contributed by atoms with van der Waals surface area (Å²) in [5.74, 6) is 6.72. The molecular formula is C12H20F3N5. The molecule has 20 heavy (non-hydrogen) atoms. The van der Waals surface area contributed by atoms with Gasteiger partial charge in [0, 0.05) is 18.0 Å². The molecular weight excluding hydrogens is 271 g/mol. The van der Waals surface area contributed by atoms with Crippen molar-refractivity contribution in [2.45, 2.75) is 52.3 Å². The van der Waals surface area contributed by atoms with Crippen LogP contribution < -0.4 is 16.6 Å². The van der Waals surface area contributed by atoms with E-state index in [1.807, 2.05) is 6.92 Å². The van der Waals surface area contributed by atoms with Gasteiger partial charge < -0.3 is 10.7 Å². The summed E-state index contributed by atoms with van der Waals surface area (Å²) in [6.45, 7) is 5.13. The zero-order valence-electron chi connectivity index (χ0n) is 11.8. The molecule has 5 nitrogen and oxygen atoms in total. The summed E-state index contributed by atoms with van der Waals surface area (Å²) < 4.78 is 37.0. The van der Waals surface area contributed by atoms with Crippen LogP contribution in [-0.2, 0) is 6.42 Å². The Bertz CT molecular complexity index is 447. The Balaban J connectivity index is 2.95. The highest BCUT2D eigenvalue weighted by atomic mass is 19.4. The molecule has 4 N–H and O–H groups in total. The van der Waals surface area contributed by atoms with E-state index in [9.17, 15) is 13.2 Å². The molecule has 0 spiro atoms. The number of rotatable bonds is 6. The number of alkyl halides is 3. The van der Waals surface area contributed by atoms with Crippen LogP contribution in [0.5, 0.6) is 0 Å². The lowest BCUT2D eigenvalue weighted by Gasteiger charge is -2.19. The van der Waals surface area contributed by atoms with Crippen molar-refractivity contribution in [1.29, 1.82) is 0 Å². The van der Waals surface area contributed by atoms with Crippen LogP contribution in [0.4, 0.5) is 24.8 Å². The number of nitrogen functional groups attached to an aromatic ring is 1. The van der Waals surface area contributed by atoms with Crippen LogP contribution >= 0.6 is 0 Å². The quantitative estimate of drug-likeness (QED) is 0.555. The minimum absolute atomic E-state index is 0.383. The lowest BCUT2D eigenvalue weighted by Crippen LogP contribution is -2.25. The van der Waals surface area contributed by atoms with Crippen LogP contribution in [0.2, 0.25) is 0 Å². The van der Waals surface area contributed by atoms with Crippen molar-refractivity contribution >= 4 is 11.6 Å². The molecule has 1 atom stereocenters. The molecule has 1 aromatic rings. The van der Waals surface area contributed by atoms with E-state index in [0.29, 0.717) is 29.4 Å². The summed E-state index contributed by atoms with van der Waals surface area (Å²) in [6.07, 6.45) is -3.67. The molecule has 0 aromatic carbocycles. The average Bonchev–Trinajstić information content (AvgIpc) is 2.31. The minimum Gasteiger partial charge on any atom is -0.367 e. The lowest BCUT2D eigenvalue weighted by atomic mass is 10.2. The number of hydrazine groups is 1. The number of halogens is 3. The van der Waals surface area contributed by atoms with Gasteiger partial charge >= 0.3 is 6.18 Å². The van der Waals surface area contributed by atoms with Gasteiger partial charge in [-0.1, -0.05) is 6.92 Å². The Morgan fingerprint density at radius 3 is 2.35 bits per heavy atom. The topological polar surface area (TPSA) is 75.9 Å². The third kappa shape index (κ3) is 4.84. The smallest absolute Gasteiger partial charge is 0.367 e. The molecule has 8 heteroatoms. The molecule has 0 saturated carbocycles. The molecule has 0 amide bonds. The van der Waals surface area contributed by atoms with E-state index >= 15 is 0 Å². The first-order valence-electron chi connectivity index (χ1n) is 6.44. The highest BCUT2D eigenvalue weighted by Crippen LogP contribution is 2.25. The summed E-state index contributed by atoms with van der Waals surface area (Å²) in [5, 5.41) is 2.77. The molecule has 114 valence electrons. The second kappa shape index (κ2) is 6.74. The van der Waals surface area contributed by atoms with Gasteiger partial charge in [-0.15, -0.1) is 0 Å². The molecule has 1 rings (SSSR count). The van der Waals surface area contributed by atoms with Crippen LogP contribution in [-0.4, -0.2) is 22.2 Å². The third-order valence-corrected chi connectivity index (χ3v) is 2.72. The summed E-state index contributed by atoms with van der Waals surface area (Å²) >= 11 is 0. The Kier molecular flexibility index (Phi) is 5.55. The van der Waals surface area contributed by atoms with E-state index in [1.54, 1.807) is 6.92 Å². The first kappa shape index (κ1) is 16.5. The Morgan fingerprint density at radius 2 is 1.85 bits per heavy atom. The predicted octanol–water partition coefficient (Wildman–Crippen LogP) is 2.78. The number of hydrogen-bond acceptors (Lipinski definition) is 5. The summed E-state index contributed by atoms with van der Waals surface area (Å²) in [5.41, 5.74) is 3.04. The standard InChI is InChI=1S/C12H20F3N5/c1-4-5-9-18-10(8(3)11(19-9)20-16)17-7(2)6-12(13,14)15/h7H,4-6,16H2,1-3H3,(H2,17,18,19,20). The second-order valence-electron chi connectivity index (χ2n) is 4.72. The van der Waals surface area contributed by atoms with Gasteiger partial charge in [-0.3, -0.25) is 0 Å². The van der Waals surface area contributed by atoms with Crippen LogP contribution in [0.1, 0.15) is 38.1 Å². The number of nitrogens with two attached hydrogens (primary N) is 1. The highest BCUT2D eigenvalue weighted by molar-refractivity contribution is 5.57. The first-order chi connectivity index (χ1) is 9.26. The van der Waals surface area contributed by atoms with Crippen molar-refractivity contribution in [3.63, 3.8) is 0 Å². The molecule has 0 aliphatic heterocycles. The maximum Gasteiger partial charge on any atom is 0.391 e. The van der Waals surface area contributed by atoms with Gasteiger partial charge in [0.2, 0.25) is 0 Å².